The van der Waals surface area contributed by atoms with Crippen LogP contribution in [0.15, 0.2) is 36.5 Å². The molecule has 0 aliphatic carbocycles. The summed E-state index contributed by atoms with van der Waals surface area (Å²) in [5.41, 5.74) is 1.89. The molecule has 143 valence electrons. The second-order valence-corrected chi connectivity index (χ2v) is 8.97. The third kappa shape index (κ3) is 5.70. The van der Waals surface area contributed by atoms with E-state index in [9.17, 15) is 4.79 Å². The van der Waals surface area contributed by atoms with Crippen LogP contribution in [-0.2, 0) is 11.3 Å². The standard InChI is InChI=1S/C20H25AsN3O3/c1-15-13-22-18(19(23-15)26-2)21-12-16-8-10-24(11-9-16)20(25)27-14-17-6-4-3-5-7-17/h3-7,13,16H,8-12,14H2,1-2H3. The van der Waals surface area contributed by atoms with Gasteiger partial charge in [0.2, 0.25) is 0 Å². The first-order valence-electron chi connectivity index (χ1n) is 9.16. The van der Waals surface area contributed by atoms with Gasteiger partial charge in [-0.2, -0.15) is 0 Å². The number of amides is 1. The number of aryl methyl sites for hydroxylation is 1. The van der Waals surface area contributed by atoms with E-state index in [0.29, 0.717) is 18.4 Å². The van der Waals surface area contributed by atoms with E-state index in [2.05, 4.69) is 9.97 Å². The van der Waals surface area contributed by atoms with Crippen LogP contribution < -0.4 is 9.22 Å². The third-order valence-electron chi connectivity index (χ3n) is 4.61. The molecule has 0 N–H and O–H groups in total. The van der Waals surface area contributed by atoms with E-state index in [0.717, 1.165) is 46.9 Å². The summed E-state index contributed by atoms with van der Waals surface area (Å²) in [5.74, 6) is 1.29. The van der Waals surface area contributed by atoms with Crippen LogP contribution in [0, 0.1) is 12.8 Å². The first-order chi connectivity index (χ1) is 13.2. The van der Waals surface area contributed by atoms with Crippen molar-refractivity contribution in [3.63, 3.8) is 0 Å². The number of methoxy groups -OCH3 is 1. The van der Waals surface area contributed by atoms with Gasteiger partial charge in [0, 0.05) is 0 Å². The topological polar surface area (TPSA) is 64.6 Å². The Bertz CT molecular complexity index is 749. The number of piperidine rings is 1. The molecule has 0 spiro atoms. The van der Waals surface area contributed by atoms with E-state index in [-0.39, 0.29) is 21.8 Å². The minimum absolute atomic E-state index is 0.0801. The normalized spacial score (nSPS) is 15.3. The Morgan fingerprint density at radius 2 is 2.00 bits per heavy atom. The molecule has 27 heavy (non-hydrogen) atoms. The SMILES string of the molecule is COc1nc(C)cnc1[As]CC1CCN(C(=O)OCc2ccccc2)CC1. The molecule has 0 unspecified atom stereocenters. The fourth-order valence-corrected chi connectivity index (χ4v) is 5.56. The zero-order valence-electron chi connectivity index (χ0n) is 15.8. The maximum atomic E-state index is 12.2. The first kappa shape index (κ1) is 19.7. The Morgan fingerprint density at radius 3 is 2.70 bits per heavy atom. The molecule has 1 aromatic heterocycles. The number of likely N-dealkylation sites (tertiary alicyclic amines) is 1. The number of carbonyl (C=O) groups excluding carboxylic acids is 1. The maximum absolute atomic E-state index is 12.2. The molecular weight excluding hydrogens is 405 g/mol. The average Bonchev–Trinajstić information content (AvgIpc) is 2.72. The van der Waals surface area contributed by atoms with Gasteiger partial charge in [0.1, 0.15) is 0 Å². The second-order valence-electron chi connectivity index (χ2n) is 6.66. The Hall–Kier alpha value is -2.07. The third-order valence-corrected chi connectivity index (χ3v) is 7.35. The molecule has 2 aromatic rings. The number of hydrogen-bond donors (Lipinski definition) is 0. The minimum atomic E-state index is -0.211. The average molecular weight is 430 g/mol. The van der Waals surface area contributed by atoms with E-state index in [1.54, 1.807) is 13.3 Å². The van der Waals surface area contributed by atoms with E-state index >= 15 is 0 Å². The van der Waals surface area contributed by atoms with Crippen LogP contribution in [0.4, 0.5) is 4.79 Å². The van der Waals surface area contributed by atoms with E-state index in [1.165, 1.54) is 0 Å². The molecule has 1 aromatic carbocycles. The van der Waals surface area contributed by atoms with Gasteiger partial charge in [0.25, 0.3) is 0 Å². The van der Waals surface area contributed by atoms with Gasteiger partial charge < -0.3 is 0 Å². The summed E-state index contributed by atoms with van der Waals surface area (Å²) in [6, 6.07) is 9.78. The fourth-order valence-electron chi connectivity index (χ4n) is 3.02. The van der Waals surface area contributed by atoms with Crippen LogP contribution in [0.3, 0.4) is 0 Å². The molecule has 0 saturated carbocycles. The number of nitrogens with zero attached hydrogens (tertiary/aromatic N) is 3. The van der Waals surface area contributed by atoms with Crippen molar-refractivity contribution in [2.75, 3.05) is 20.2 Å². The van der Waals surface area contributed by atoms with Gasteiger partial charge in [-0.1, -0.05) is 0 Å². The number of benzene rings is 1. The van der Waals surface area contributed by atoms with Gasteiger partial charge in [-0.25, -0.2) is 0 Å². The predicted molar refractivity (Wildman–Crippen MR) is 104 cm³/mol. The number of rotatable bonds is 6. The van der Waals surface area contributed by atoms with Crippen molar-refractivity contribution in [2.24, 2.45) is 5.92 Å². The van der Waals surface area contributed by atoms with Crippen molar-refractivity contribution in [1.29, 1.82) is 0 Å². The quantitative estimate of drug-likeness (QED) is 0.660. The summed E-state index contributed by atoms with van der Waals surface area (Å²) in [7, 11) is 1.65. The van der Waals surface area contributed by atoms with Gasteiger partial charge >= 0.3 is 167 Å². The van der Waals surface area contributed by atoms with Crippen LogP contribution in [0.5, 0.6) is 5.88 Å². The molecule has 1 aliphatic rings. The molecule has 1 saturated heterocycles. The summed E-state index contributed by atoms with van der Waals surface area (Å²) >= 11 is -0.0801. The van der Waals surface area contributed by atoms with Crippen LogP contribution in [0.2, 0.25) is 5.21 Å². The number of hydrogen-bond acceptors (Lipinski definition) is 5. The zero-order valence-corrected chi connectivity index (χ0v) is 17.7. The van der Waals surface area contributed by atoms with Gasteiger partial charge in [0.05, 0.1) is 0 Å². The van der Waals surface area contributed by atoms with Crippen molar-refractivity contribution >= 4 is 26.3 Å². The monoisotopic (exact) mass is 430 g/mol. The summed E-state index contributed by atoms with van der Waals surface area (Å²) in [6.07, 6.45) is 3.62. The Morgan fingerprint density at radius 1 is 1.26 bits per heavy atom. The predicted octanol–water partition coefficient (Wildman–Crippen LogP) is 2.59. The number of ether oxygens (including phenoxy) is 2. The first-order valence-corrected chi connectivity index (χ1v) is 11.4. The summed E-state index contributed by atoms with van der Waals surface area (Å²) in [4.78, 5) is 23.0. The van der Waals surface area contributed by atoms with Crippen LogP contribution in [0.25, 0.3) is 0 Å². The number of aromatic nitrogens is 2. The Labute approximate surface area is 167 Å². The molecule has 6 nitrogen and oxygen atoms in total. The summed E-state index contributed by atoms with van der Waals surface area (Å²) in [6.45, 7) is 3.77. The van der Waals surface area contributed by atoms with Crippen LogP contribution in [0.1, 0.15) is 24.1 Å². The van der Waals surface area contributed by atoms with Crippen molar-refractivity contribution in [3.05, 3.63) is 47.8 Å². The van der Waals surface area contributed by atoms with Gasteiger partial charge in [-0.15, -0.1) is 0 Å². The van der Waals surface area contributed by atoms with E-state index in [1.807, 2.05) is 42.2 Å². The molecule has 0 atom stereocenters. The Balaban J connectivity index is 1.41. The van der Waals surface area contributed by atoms with Gasteiger partial charge in [-0.05, 0) is 0 Å². The van der Waals surface area contributed by atoms with Gasteiger partial charge in [-0.3, -0.25) is 0 Å². The van der Waals surface area contributed by atoms with E-state index < -0.39 is 0 Å². The van der Waals surface area contributed by atoms with Crippen LogP contribution >= 0.6 is 0 Å². The Kier molecular flexibility index (Phi) is 7.10. The molecule has 3 rings (SSSR count). The molecular formula is C20H25AsN3O3. The molecule has 1 radical (unpaired) electrons. The molecule has 1 amide bonds. The summed E-state index contributed by atoms with van der Waals surface area (Å²) in [5, 5.41) is 1.12. The van der Waals surface area contributed by atoms with Crippen molar-refractivity contribution in [3.8, 4) is 5.88 Å². The van der Waals surface area contributed by atoms with Gasteiger partial charge in [0.15, 0.2) is 0 Å². The zero-order chi connectivity index (χ0) is 19.1. The molecule has 1 aliphatic heterocycles. The molecule has 2 heterocycles. The fraction of sp³-hybridized carbons (Fsp3) is 0.450. The van der Waals surface area contributed by atoms with Crippen LogP contribution in [-0.4, -0.2) is 56.9 Å². The number of carbonyl (C=O) groups is 1. The molecule has 1 fully saturated rings. The molecule has 7 heteroatoms. The van der Waals surface area contributed by atoms with E-state index in [4.69, 9.17) is 9.47 Å². The van der Waals surface area contributed by atoms with Crippen molar-refractivity contribution in [1.82, 2.24) is 14.9 Å². The summed E-state index contributed by atoms with van der Waals surface area (Å²) < 4.78 is 11.8. The van der Waals surface area contributed by atoms with Crippen molar-refractivity contribution in [2.45, 2.75) is 31.6 Å². The second kappa shape index (κ2) is 9.75. The van der Waals surface area contributed by atoms with Crippen molar-refractivity contribution < 1.29 is 14.3 Å². The molecule has 0 bridgehead atoms.